The molecule has 0 aliphatic rings. The Morgan fingerprint density at radius 1 is 0.903 bits per heavy atom. The predicted octanol–water partition coefficient (Wildman–Crippen LogP) is 3.61. The van der Waals surface area contributed by atoms with Crippen molar-refractivity contribution >= 4 is 20.8 Å². The monoisotopic (exact) mass is 435 g/mol. The summed E-state index contributed by atoms with van der Waals surface area (Å²) < 4.78 is 29.0. The number of benzene rings is 3. The molecule has 0 fully saturated rings. The van der Waals surface area contributed by atoms with E-state index in [-0.39, 0.29) is 5.75 Å². The number of hydrogen-bond donors (Lipinski definition) is 2. The highest BCUT2D eigenvalue weighted by Gasteiger charge is 2.11. The molecule has 1 heterocycles. The van der Waals surface area contributed by atoms with Crippen LogP contribution in [-0.4, -0.2) is 31.0 Å². The number of primary sulfonamides is 1. The third-order valence-electron chi connectivity index (χ3n) is 5.20. The number of nitrogens with zero attached hydrogens (tertiary/aromatic N) is 1. The summed E-state index contributed by atoms with van der Waals surface area (Å²) in [6.45, 7) is 0.494. The molecule has 4 aromatic rings. The first-order valence-electron chi connectivity index (χ1n) is 10.2. The lowest BCUT2D eigenvalue weighted by Crippen LogP contribution is -2.18. The van der Waals surface area contributed by atoms with Gasteiger partial charge in [-0.25, -0.2) is 13.6 Å². The van der Waals surface area contributed by atoms with E-state index in [4.69, 9.17) is 9.88 Å². The topological polar surface area (TPSA) is 98.1 Å². The van der Waals surface area contributed by atoms with Crippen molar-refractivity contribution in [1.29, 1.82) is 0 Å². The molecule has 0 amide bonds. The van der Waals surface area contributed by atoms with Gasteiger partial charge in [-0.15, -0.1) is 0 Å². The molecule has 0 unspecified atom stereocenters. The van der Waals surface area contributed by atoms with E-state index in [0.717, 1.165) is 23.2 Å². The van der Waals surface area contributed by atoms with Gasteiger partial charge in [0.2, 0.25) is 10.0 Å². The van der Waals surface area contributed by atoms with E-state index >= 15 is 0 Å². The molecule has 0 saturated heterocycles. The molecule has 0 spiro atoms. The molecule has 0 saturated carbocycles. The van der Waals surface area contributed by atoms with Gasteiger partial charge in [-0.2, -0.15) is 5.10 Å². The first-order chi connectivity index (χ1) is 15.0. The van der Waals surface area contributed by atoms with Crippen molar-refractivity contribution in [3.63, 3.8) is 0 Å². The minimum Gasteiger partial charge on any atom is -0.493 e. The Balaban J connectivity index is 1.48. The van der Waals surface area contributed by atoms with E-state index in [1.54, 1.807) is 6.20 Å². The molecule has 0 radical (unpaired) electrons. The smallest absolute Gasteiger partial charge is 0.209 e. The number of H-pyrrole nitrogens is 1. The number of sulfonamides is 1. The Morgan fingerprint density at radius 3 is 2.48 bits per heavy atom. The maximum atomic E-state index is 11.4. The fourth-order valence-electron chi connectivity index (χ4n) is 3.58. The van der Waals surface area contributed by atoms with E-state index in [2.05, 4.69) is 40.5 Å². The van der Waals surface area contributed by atoms with Gasteiger partial charge in [0.25, 0.3) is 0 Å². The standard InChI is InChI=1S/C24H25N3O3S/c25-31(28,29)14-11-21-8-6-19(16-23-9-12-26-27-23)17-24(21)30-13-10-18-5-7-20-3-1-2-4-22(20)15-18/h1-9,12,15,17H,10-11,13-14,16H2,(H,26,27)(H2,25,28,29). The third kappa shape index (κ3) is 5.93. The minimum atomic E-state index is -3.54. The van der Waals surface area contributed by atoms with Gasteiger partial charge in [-0.1, -0.05) is 54.6 Å². The highest BCUT2D eigenvalue weighted by molar-refractivity contribution is 7.89. The molecule has 160 valence electrons. The summed E-state index contributed by atoms with van der Waals surface area (Å²) >= 11 is 0. The van der Waals surface area contributed by atoms with Gasteiger partial charge in [-0.3, -0.25) is 5.10 Å². The predicted molar refractivity (Wildman–Crippen MR) is 123 cm³/mol. The molecule has 31 heavy (non-hydrogen) atoms. The zero-order valence-electron chi connectivity index (χ0n) is 17.1. The lowest BCUT2D eigenvalue weighted by Gasteiger charge is -2.14. The maximum Gasteiger partial charge on any atom is 0.209 e. The number of rotatable bonds is 9. The van der Waals surface area contributed by atoms with Crippen molar-refractivity contribution in [3.8, 4) is 5.75 Å². The summed E-state index contributed by atoms with van der Waals surface area (Å²) in [5, 5.41) is 14.6. The van der Waals surface area contributed by atoms with Crippen molar-refractivity contribution in [1.82, 2.24) is 10.2 Å². The van der Waals surface area contributed by atoms with Crippen LogP contribution in [0.15, 0.2) is 72.9 Å². The Kier molecular flexibility index (Phi) is 6.34. The molecule has 4 rings (SSSR count). The minimum absolute atomic E-state index is 0.117. The van der Waals surface area contributed by atoms with Crippen LogP contribution in [0.2, 0.25) is 0 Å². The van der Waals surface area contributed by atoms with Crippen LogP contribution in [0.5, 0.6) is 5.75 Å². The van der Waals surface area contributed by atoms with Crippen LogP contribution in [0.25, 0.3) is 10.8 Å². The zero-order valence-corrected chi connectivity index (χ0v) is 17.9. The van der Waals surface area contributed by atoms with Crippen molar-refractivity contribution in [2.24, 2.45) is 5.14 Å². The summed E-state index contributed by atoms with van der Waals surface area (Å²) in [7, 11) is -3.54. The molecule has 0 atom stereocenters. The maximum absolute atomic E-state index is 11.4. The van der Waals surface area contributed by atoms with Crippen LogP contribution in [0.4, 0.5) is 0 Å². The molecule has 3 N–H and O–H groups in total. The number of fused-ring (bicyclic) bond motifs is 1. The van der Waals surface area contributed by atoms with Crippen LogP contribution in [0.1, 0.15) is 22.4 Å². The van der Waals surface area contributed by atoms with Crippen molar-refractivity contribution in [3.05, 3.63) is 95.3 Å². The zero-order chi connectivity index (χ0) is 21.7. The average molecular weight is 436 g/mol. The van der Waals surface area contributed by atoms with Crippen LogP contribution < -0.4 is 9.88 Å². The summed E-state index contributed by atoms with van der Waals surface area (Å²) in [6, 6.07) is 22.5. The molecular formula is C24H25N3O3S. The average Bonchev–Trinajstić information content (AvgIpc) is 3.25. The second kappa shape index (κ2) is 9.32. The number of nitrogens with one attached hydrogen (secondary N) is 1. The normalized spacial score (nSPS) is 11.6. The highest BCUT2D eigenvalue weighted by Crippen LogP contribution is 2.24. The van der Waals surface area contributed by atoms with Crippen molar-refractivity contribution in [2.75, 3.05) is 12.4 Å². The molecule has 0 aliphatic carbocycles. The van der Waals surface area contributed by atoms with Crippen LogP contribution in [-0.2, 0) is 29.3 Å². The highest BCUT2D eigenvalue weighted by atomic mass is 32.2. The Hall–Kier alpha value is -3.16. The number of hydrogen-bond acceptors (Lipinski definition) is 4. The molecule has 6 nitrogen and oxygen atoms in total. The summed E-state index contributed by atoms with van der Waals surface area (Å²) in [4.78, 5) is 0. The van der Waals surface area contributed by atoms with Gasteiger partial charge in [0.05, 0.1) is 12.4 Å². The Labute approximate surface area is 182 Å². The van der Waals surface area contributed by atoms with Gasteiger partial charge >= 0.3 is 0 Å². The summed E-state index contributed by atoms with van der Waals surface area (Å²) in [6.07, 6.45) is 3.48. The summed E-state index contributed by atoms with van der Waals surface area (Å²) in [5.74, 6) is 0.579. The van der Waals surface area contributed by atoms with E-state index < -0.39 is 10.0 Å². The fraction of sp³-hybridized carbons (Fsp3) is 0.208. The first kappa shape index (κ1) is 21.1. The van der Waals surface area contributed by atoms with E-state index in [0.29, 0.717) is 25.2 Å². The molecule has 0 aliphatic heterocycles. The number of nitrogens with two attached hydrogens (primary N) is 1. The number of aromatic nitrogens is 2. The quantitative estimate of drug-likeness (QED) is 0.420. The third-order valence-corrected chi connectivity index (χ3v) is 5.98. The lowest BCUT2D eigenvalue weighted by molar-refractivity contribution is 0.318. The van der Waals surface area contributed by atoms with Gasteiger partial charge in [0.15, 0.2) is 0 Å². The van der Waals surface area contributed by atoms with Gasteiger partial charge in [0.1, 0.15) is 5.75 Å². The van der Waals surface area contributed by atoms with E-state index in [9.17, 15) is 8.42 Å². The molecule has 3 aromatic carbocycles. The fourth-order valence-corrected chi connectivity index (χ4v) is 4.08. The molecular weight excluding hydrogens is 410 g/mol. The van der Waals surface area contributed by atoms with Crippen LogP contribution >= 0.6 is 0 Å². The number of aromatic amines is 1. The van der Waals surface area contributed by atoms with Gasteiger partial charge < -0.3 is 4.74 Å². The first-order valence-corrected chi connectivity index (χ1v) is 11.9. The number of ether oxygens (including phenoxy) is 1. The van der Waals surface area contributed by atoms with Gasteiger partial charge in [-0.05, 0) is 46.0 Å². The van der Waals surface area contributed by atoms with E-state index in [1.807, 2.05) is 36.4 Å². The van der Waals surface area contributed by atoms with Crippen LogP contribution in [0.3, 0.4) is 0 Å². The molecule has 1 aromatic heterocycles. The number of aryl methyl sites for hydroxylation is 1. The van der Waals surface area contributed by atoms with Crippen molar-refractivity contribution in [2.45, 2.75) is 19.3 Å². The second-order valence-corrected chi connectivity index (χ2v) is 9.33. The van der Waals surface area contributed by atoms with E-state index in [1.165, 1.54) is 16.3 Å². The van der Waals surface area contributed by atoms with Crippen molar-refractivity contribution < 1.29 is 13.2 Å². The Bertz CT molecular complexity index is 1270. The largest absolute Gasteiger partial charge is 0.493 e. The SMILES string of the molecule is NS(=O)(=O)CCc1ccc(Cc2ccn[nH]2)cc1OCCc1ccc2ccccc2c1. The second-order valence-electron chi connectivity index (χ2n) is 7.60. The Morgan fingerprint density at radius 2 is 1.71 bits per heavy atom. The molecule has 0 bridgehead atoms. The lowest BCUT2D eigenvalue weighted by atomic mass is 10.0. The summed E-state index contributed by atoms with van der Waals surface area (Å²) in [5.41, 5.74) is 4.09. The van der Waals surface area contributed by atoms with Crippen LogP contribution in [0, 0.1) is 0 Å². The molecule has 7 heteroatoms. The van der Waals surface area contributed by atoms with Gasteiger partial charge in [0, 0.05) is 24.7 Å².